The zero-order valence-corrected chi connectivity index (χ0v) is 19.1. The molecule has 6 nitrogen and oxygen atoms in total. The molecule has 0 aliphatic carbocycles. The van der Waals surface area contributed by atoms with Crippen LogP contribution in [0.15, 0.2) is 91.6 Å². The number of halogens is 1. The highest BCUT2D eigenvalue weighted by Gasteiger charge is 2.17. The Labute approximate surface area is 196 Å². The highest BCUT2D eigenvalue weighted by atomic mass is 79.9. The van der Waals surface area contributed by atoms with Crippen LogP contribution in [0.2, 0.25) is 0 Å². The molecule has 0 radical (unpaired) electrons. The molecule has 0 unspecified atom stereocenters. The molecule has 3 heterocycles. The van der Waals surface area contributed by atoms with E-state index in [1.807, 2.05) is 73.7 Å². The monoisotopic (exact) mass is 496 g/mol. The van der Waals surface area contributed by atoms with Crippen LogP contribution >= 0.6 is 15.9 Å². The highest BCUT2D eigenvalue weighted by Crippen LogP contribution is 2.29. The van der Waals surface area contributed by atoms with Crippen LogP contribution < -0.4 is 5.56 Å². The van der Waals surface area contributed by atoms with Crippen molar-refractivity contribution in [2.45, 2.75) is 6.92 Å². The number of nitrogens with one attached hydrogen (secondary N) is 1. The minimum atomic E-state index is -0.258. The van der Waals surface area contributed by atoms with Gasteiger partial charge in [-0.25, -0.2) is 4.98 Å². The smallest absolute Gasteiger partial charge is 0.282 e. The third-order valence-electron chi connectivity index (χ3n) is 5.70. The maximum absolute atomic E-state index is 13.5. The minimum Gasteiger partial charge on any atom is -0.453 e. The molecule has 0 bridgehead atoms. The first-order valence-electron chi connectivity index (χ1n) is 10.4. The number of furan rings is 1. The number of rotatable bonds is 3. The van der Waals surface area contributed by atoms with Gasteiger partial charge in [-0.3, -0.25) is 4.79 Å². The molecule has 0 saturated heterocycles. The van der Waals surface area contributed by atoms with E-state index in [9.17, 15) is 4.79 Å². The Morgan fingerprint density at radius 2 is 1.82 bits per heavy atom. The van der Waals surface area contributed by atoms with Crippen molar-refractivity contribution in [3.8, 4) is 11.6 Å². The fourth-order valence-electron chi connectivity index (χ4n) is 4.09. The summed E-state index contributed by atoms with van der Waals surface area (Å²) in [5.74, 6) is 0.818. The second-order valence-electron chi connectivity index (χ2n) is 7.82. The van der Waals surface area contributed by atoms with Crippen molar-refractivity contribution >= 4 is 54.9 Å². The van der Waals surface area contributed by atoms with Gasteiger partial charge in [-0.1, -0.05) is 46.3 Å². The molecule has 3 aromatic carbocycles. The first kappa shape index (κ1) is 19.7. The van der Waals surface area contributed by atoms with E-state index < -0.39 is 0 Å². The van der Waals surface area contributed by atoms with Gasteiger partial charge in [0.25, 0.3) is 5.56 Å². The summed E-state index contributed by atoms with van der Waals surface area (Å²) in [6.07, 6.45) is 1.70. The van der Waals surface area contributed by atoms with Crippen molar-refractivity contribution in [2.24, 2.45) is 5.10 Å². The van der Waals surface area contributed by atoms with Crippen LogP contribution in [0.3, 0.4) is 0 Å². The molecule has 0 amide bonds. The molecule has 6 rings (SSSR count). The van der Waals surface area contributed by atoms with E-state index in [1.165, 1.54) is 4.68 Å². The van der Waals surface area contributed by atoms with Gasteiger partial charge in [-0.05, 0) is 49.4 Å². The molecule has 0 spiro atoms. The van der Waals surface area contributed by atoms with E-state index in [0.29, 0.717) is 28.1 Å². The number of aromatic nitrogens is 3. The molecule has 3 aromatic heterocycles. The largest absolute Gasteiger partial charge is 0.453 e. The topological polar surface area (TPSA) is 76.2 Å². The molecule has 0 fully saturated rings. The van der Waals surface area contributed by atoms with E-state index in [1.54, 1.807) is 12.3 Å². The molecule has 160 valence electrons. The van der Waals surface area contributed by atoms with E-state index in [0.717, 1.165) is 32.0 Å². The fraction of sp³-hybridized carbons (Fsp3) is 0.0385. The highest BCUT2D eigenvalue weighted by molar-refractivity contribution is 9.10. The van der Waals surface area contributed by atoms with Crippen molar-refractivity contribution in [3.05, 3.63) is 98.9 Å². The molecule has 6 aromatic rings. The van der Waals surface area contributed by atoms with Gasteiger partial charge in [-0.15, -0.1) is 0 Å². The standard InChI is InChI=1S/C26H17BrN4O2/c1-15-20(18-6-2-4-8-21(18)29-15)14-28-31-25(30-22-9-5-3-7-19(22)26(31)32)24-13-16-12-17(27)10-11-23(16)33-24/h2-14,29H,1H3. The van der Waals surface area contributed by atoms with Gasteiger partial charge in [0.15, 0.2) is 5.76 Å². The predicted molar refractivity (Wildman–Crippen MR) is 135 cm³/mol. The average Bonchev–Trinajstić information content (AvgIpc) is 3.38. The van der Waals surface area contributed by atoms with Crippen molar-refractivity contribution in [2.75, 3.05) is 0 Å². The lowest BCUT2D eigenvalue weighted by atomic mass is 10.1. The molecule has 0 aliphatic heterocycles. The summed E-state index contributed by atoms with van der Waals surface area (Å²) in [5, 5.41) is 7.04. The van der Waals surface area contributed by atoms with Gasteiger partial charge in [0.1, 0.15) is 5.58 Å². The van der Waals surface area contributed by atoms with Crippen LogP contribution in [-0.2, 0) is 0 Å². The van der Waals surface area contributed by atoms with Gasteiger partial charge in [-0.2, -0.15) is 9.78 Å². The number of aromatic amines is 1. The molecule has 33 heavy (non-hydrogen) atoms. The Morgan fingerprint density at radius 3 is 2.70 bits per heavy atom. The van der Waals surface area contributed by atoms with Crippen molar-refractivity contribution in [1.29, 1.82) is 0 Å². The lowest BCUT2D eigenvalue weighted by Crippen LogP contribution is -2.20. The lowest BCUT2D eigenvalue weighted by molar-refractivity contribution is 0.616. The number of aryl methyl sites for hydroxylation is 1. The van der Waals surface area contributed by atoms with Crippen molar-refractivity contribution in [1.82, 2.24) is 14.6 Å². The Bertz CT molecular complexity index is 1770. The van der Waals surface area contributed by atoms with Gasteiger partial charge in [0, 0.05) is 32.0 Å². The first-order chi connectivity index (χ1) is 16.1. The normalized spacial score (nSPS) is 11.9. The first-order valence-corrected chi connectivity index (χ1v) is 11.2. The zero-order chi connectivity index (χ0) is 22.5. The van der Waals surface area contributed by atoms with Crippen LogP contribution in [0.25, 0.3) is 44.4 Å². The summed E-state index contributed by atoms with van der Waals surface area (Å²) in [4.78, 5) is 21.6. The van der Waals surface area contributed by atoms with E-state index in [2.05, 4.69) is 26.0 Å². The summed E-state index contributed by atoms with van der Waals surface area (Å²) >= 11 is 3.49. The molecule has 0 atom stereocenters. The van der Waals surface area contributed by atoms with Crippen LogP contribution in [0, 0.1) is 6.92 Å². The number of para-hydroxylation sites is 2. The van der Waals surface area contributed by atoms with Crippen molar-refractivity contribution in [3.63, 3.8) is 0 Å². The Morgan fingerprint density at radius 1 is 1.03 bits per heavy atom. The predicted octanol–water partition coefficient (Wildman–Crippen LogP) is 6.24. The second kappa shape index (κ2) is 7.56. The van der Waals surface area contributed by atoms with Gasteiger partial charge >= 0.3 is 0 Å². The maximum atomic E-state index is 13.5. The van der Waals surface area contributed by atoms with Gasteiger partial charge in [0.05, 0.1) is 17.1 Å². The Hall–Kier alpha value is -3.97. The third-order valence-corrected chi connectivity index (χ3v) is 6.19. The second-order valence-corrected chi connectivity index (χ2v) is 8.73. The van der Waals surface area contributed by atoms with Gasteiger partial charge < -0.3 is 9.40 Å². The number of H-pyrrole nitrogens is 1. The summed E-state index contributed by atoms with van der Waals surface area (Å²) in [6, 6.07) is 22.9. The van der Waals surface area contributed by atoms with Crippen molar-refractivity contribution < 1.29 is 4.42 Å². The zero-order valence-electron chi connectivity index (χ0n) is 17.5. The van der Waals surface area contributed by atoms with Gasteiger partial charge in [0.2, 0.25) is 5.82 Å². The summed E-state index contributed by atoms with van der Waals surface area (Å²) in [6.45, 7) is 1.99. The molecule has 0 aliphatic rings. The quantitative estimate of drug-likeness (QED) is 0.294. The maximum Gasteiger partial charge on any atom is 0.282 e. The van der Waals surface area contributed by atoms with Crippen LogP contribution in [0.4, 0.5) is 0 Å². The minimum absolute atomic E-state index is 0.258. The summed E-state index contributed by atoms with van der Waals surface area (Å²) < 4.78 is 8.32. The molecule has 7 heteroatoms. The number of hydrogen-bond donors (Lipinski definition) is 1. The summed E-state index contributed by atoms with van der Waals surface area (Å²) in [5.41, 5.74) is 3.95. The van der Waals surface area contributed by atoms with Crippen LogP contribution in [0.5, 0.6) is 0 Å². The molecule has 1 N–H and O–H groups in total. The fourth-order valence-corrected chi connectivity index (χ4v) is 4.47. The SMILES string of the molecule is Cc1[nH]c2ccccc2c1C=Nn1c(-c2cc3cc(Br)ccc3o2)nc2ccccc2c1=O. The summed E-state index contributed by atoms with van der Waals surface area (Å²) in [7, 11) is 0. The third kappa shape index (κ3) is 3.29. The van der Waals surface area contributed by atoms with Crippen LogP contribution in [0.1, 0.15) is 11.3 Å². The number of nitrogens with zero attached hydrogens (tertiary/aromatic N) is 3. The van der Waals surface area contributed by atoms with Crippen LogP contribution in [-0.4, -0.2) is 20.9 Å². The lowest BCUT2D eigenvalue weighted by Gasteiger charge is -2.07. The van der Waals surface area contributed by atoms with E-state index in [-0.39, 0.29) is 5.56 Å². The Kier molecular flexibility index (Phi) is 4.52. The number of hydrogen-bond acceptors (Lipinski definition) is 4. The molecular formula is C26H17BrN4O2. The molecular weight excluding hydrogens is 480 g/mol. The van der Waals surface area contributed by atoms with E-state index >= 15 is 0 Å². The number of benzene rings is 3. The Balaban J connectivity index is 1.60. The number of fused-ring (bicyclic) bond motifs is 3. The molecule has 0 saturated carbocycles. The van der Waals surface area contributed by atoms with E-state index in [4.69, 9.17) is 9.40 Å². The average molecular weight is 497 g/mol.